The maximum atomic E-state index is 12.4. The highest BCUT2D eigenvalue weighted by molar-refractivity contribution is 6.11. The van der Waals surface area contributed by atoms with E-state index >= 15 is 0 Å². The minimum atomic E-state index is -0.503. The molecule has 2 aromatic carbocycles. The number of imide groups is 1. The fourth-order valence-corrected chi connectivity index (χ4v) is 4.57. The van der Waals surface area contributed by atoms with Crippen LogP contribution in [0.1, 0.15) is 42.9 Å². The SMILES string of the molecule is CN1CCC(OCC#Cc2cccc3c2ccc2onc(C4CCC(=O)NC4=O)c23)CC1. The van der Waals surface area contributed by atoms with Crippen molar-refractivity contribution in [2.24, 2.45) is 0 Å². The topological polar surface area (TPSA) is 84.7 Å². The number of carbonyl (C=O) groups excluding carboxylic acids is 2. The van der Waals surface area contributed by atoms with Crippen molar-refractivity contribution in [2.75, 3.05) is 26.7 Å². The molecule has 32 heavy (non-hydrogen) atoms. The normalized spacial score (nSPS) is 20.3. The van der Waals surface area contributed by atoms with Crippen LogP contribution in [0.25, 0.3) is 21.7 Å². The number of hydrogen-bond donors (Lipinski definition) is 1. The van der Waals surface area contributed by atoms with E-state index < -0.39 is 5.92 Å². The van der Waals surface area contributed by atoms with Crippen molar-refractivity contribution in [3.63, 3.8) is 0 Å². The van der Waals surface area contributed by atoms with Gasteiger partial charge in [0, 0.05) is 25.1 Å². The van der Waals surface area contributed by atoms with Gasteiger partial charge in [0.1, 0.15) is 12.3 Å². The first-order valence-corrected chi connectivity index (χ1v) is 11.0. The van der Waals surface area contributed by atoms with E-state index in [1.165, 1.54) is 0 Å². The molecule has 3 aromatic rings. The average Bonchev–Trinajstić information content (AvgIpc) is 3.22. The van der Waals surface area contributed by atoms with Gasteiger partial charge >= 0.3 is 0 Å². The molecule has 1 aromatic heterocycles. The summed E-state index contributed by atoms with van der Waals surface area (Å²) < 4.78 is 11.5. The molecule has 2 aliphatic heterocycles. The number of likely N-dealkylation sites (tertiary alicyclic amines) is 1. The molecule has 0 spiro atoms. The van der Waals surface area contributed by atoms with Crippen LogP contribution < -0.4 is 5.32 Å². The number of aromatic nitrogens is 1. The molecule has 7 heteroatoms. The third-order valence-corrected chi connectivity index (χ3v) is 6.37. The zero-order valence-corrected chi connectivity index (χ0v) is 18.0. The molecule has 2 amide bonds. The Bertz CT molecular complexity index is 1240. The number of nitrogens with zero attached hydrogens (tertiary/aromatic N) is 2. The summed E-state index contributed by atoms with van der Waals surface area (Å²) in [5.74, 6) is 5.33. The van der Waals surface area contributed by atoms with Crippen LogP contribution >= 0.6 is 0 Å². The second-order valence-electron chi connectivity index (χ2n) is 8.53. The highest BCUT2D eigenvalue weighted by Gasteiger charge is 2.32. The van der Waals surface area contributed by atoms with Crippen molar-refractivity contribution < 1.29 is 18.8 Å². The number of piperidine rings is 2. The van der Waals surface area contributed by atoms with E-state index in [0.717, 1.165) is 47.7 Å². The third-order valence-electron chi connectivity index (χ3n) is 6.37. The molecule has 1 N–H and O–H groups in total. The molecule has 0 saturated carbocycles. The molecule has 2 fully saturated rings. The molecule has 0 radical (unpaired) electrons. The zero-order chi connectivity index (χ0) is 22.1. The fourth-order valence-electron chi connectivity index (χ4n) is 4.57. The van der Waals surface area contributed by atoms with Gasteiger partial charge in [0.25, 0.3) is 0 Å². The zero-order valence-electron chi connectivity index (χ0n) is 18.0. The fraction of sp³-hybridized carbons (Fsp3) is 0.400. The van der Waals surface area contributed by atoms with Gasteiger partial charge in [-0.2, -0.15) is 0 Å². The Kier molecular flexibility index (Phi) is 5.64. The van der Waals surface area contributed by atoms with Crippen LogP contribution in [-0.2, 0) is 14.3 Å². The molecule has 7 nitrogen and oxygen atoms in total. The Morgan fingerprint density at radius 3 is 2.81 bits per heavy atom. The van der Waals surface area contributed by atoms with Crippen molar-refractivity contribution in [3.05, 3.63) is 41.6 Å². The lowest BCUT2D eigenvalue weighted by atomic mass is 9.90. The Hall–Kier alpha value is -3.21. The van der Waals surface area contributed by atoms with Crippen molar-refractivity contribution in [3.8, 4) is 11.8 Å². The van der Waals surface area contributed by atoms with Crippen LogP contribution in [-0.4, -0.2) is 54.7 Å². The monoisotopic (exact) mass is 431 g/mol. The highest BCUT2D eigenvalue weighted by atomic mass is 16.5. The van der Waals surface area contributed by atoms with Gasteiger partial charge in [0.2, 0.25) is 11.8 Å². The number of nitrogens with one attached hydrogen (secondary N) is 1. The summed E-state index contributed by atoms with van der Waals surface area (Å²) in [4.78, 5) is 26.3. The smallest absolute Gasteiger partial charge is 0.235 e. The molecule has 2 aliphatic rings. The predicted molar refractivity (Wildman–Crippen MR) is 120 cm³/mol. The van der Waals surface area contributed by atoms with Gasteiger partial charge in [-0.25, -0.2) is 0 Å². The van der Waals surface area contributed by atoms with Crippen molar-refractivity contribution in [2.45, 2.75) is 37.7 Å². The molecule has 164 valence electrons. The molecular formula is C25H25N3O4. The molecule has 2 saturated heterocycles. The molecule has 5 rings (SSSR count). The van der Waals surface area contributed by atoms with Crippen molar-refractivity contribution >= 4 is 33.6 Å². The summed E-state index contributed by atoms with van der Waals surface area (Å²) >= 11 is 0. The van der Waals surface area contributed by atoms with Gasteiger partial charge < -0.3 is 14.2 Å². The lowest BCUT2D eigenvalue weighted by molar-refractivity contribution is -0.134. The minimum Gasteiger partial charge on any atom is -0.365 e. The lowest BCUT2D eigenvalue weighted by Gasteiger charge is -2.28. The first-order valence-electron chi connectivity index (χ1n) is 11.0. The first-order chi connectivity index (χ1) is 15.6. The number of amides is 2. The van der Waals surface area contributed by atoms with E-state index in [9.17, 15) is 9.59 Å². The Morgan fingerprint density at radius 1 is 1.16 bits per heavy atom. The van der Waals surface area contributed by atoms with Crippen LogP contribution in [0.3, 0.4) is 0 Å². The summed E-state index contributed by atoms with van der Waals surface area (Å²) in [6, 6.07) is 9.75. The summed E-state index contributed by atoms with van der Waals surface area (Å²) in [7, 11) is 2.13. The number of rotatable bonds is 3. The van der Waals surface area contributed by atoms with Crippen LogP contribution in [0.2, 0.25) is 0 Å². The Balaban J connectivity index is 1.42. The lowest BCUT2D eigenvalue weighted by Crippen LogP contribution is -2.39. The molecule has 0 bridgehead atoms. The van der Waals surface area contributed by atoms with Gasteiger partial charge in [0.15, 0.2) is 5.58 Å². The van der Waals surface area contributed by atoms with Gasteiger partial charge in [-0.3, -0.25) is 14.9 Å². The number of fused-ring (bicyclic) bond motifs is 3. The molecule has 1 unspecified atom stereocenters. The number of ether oxygens (including phenoxy) is 1. The van der Waals surface area contributed by atoms with Crippen molar-refractivity contribution in [1.29, 1.82) is 0 Å². The third kappa shape index (κ3) is 3.99. The quantitative estimate of drug-likeness (QED) is 0.507. The Morgan fingerprint density at radius 2 is 2.00 bits per heavy atom. The van der Waals surface area contributed by atoms with E-state index in [4.69, 9.17) is 9.26 Å². The number of hydrogen-bond acceptors (Lipinski definition) is 6. The van der Waals surface area contributed by atoms with Crippen molar-refractivity contribution in [1.82, 2.24) is 15.4 Å². The standard InChI is InChI=1S/C25H25N3O4/c1-28-13-11-17(12-14-28)31-15-3-5-16-4-2-6-19-18(16)7-9-21-23(19)24(27-32-21)20-8-10-22(29)26-25(20)30/h2,4,6-7,9,17,20H,8,10-15H2,1H3,(H,26,29,30). The number of carbonyl (C=O) groups is 2. The molecular weight excluding hydrogens is 406 g/mol. The Labute approximate surface area is 186 Å². The largest absolute Gasteiger partial charge is 0.365 e. The summed E-state index contributed by atoms with van der Waals surface area (Å²) in [5, 5.41) is 9.33. The summed E-state index contributed by atoms with van der Waals surface area (Å²) in [5.41, 5.74) is 2.09. The van der Waals surface area contributed by atoms with E-state index in [1.54, 1.807) is 0 Å². The van der Waals surface area contributed by atoms with Crippen LogP contribution in [0.4, 0.5) is 0 Å². The second-order valence-corrected chi connectivity index (χ2v) is 8.53. The van der Waals surface area contributed by atoms with Gasteiger partial charge in [-0.05, 0) is 55.3 Å². The van der Waals surface area contributed by atoms with Crippen LogP contribution in [0, 0.1) is 11.8 Å². The van der Waals surface area contributed by atoms with E-state index in [1.807, 2.05) is 30.3 Å². The second kappa shape index (κ2) is 8.73. The first kappa shape index (κ1) is 20.7. The van der Waals surface area contributed by atoms with E-state index in [2.05, 4.69) is 34.3 Å². The predicted octanol–water partition coefficient (Wildman–Crippen LogP) is 2.96. The summed E-state index contributed by atoms with van der Waals surface area (Å²) in [6.45, 7) is 2.53. The maximum absolute atomic E-state index is 12.4. The molecule has 3 heterocycles. The maximum Gasteiger partial charge on any atom is 0.235 e. The van der Waals surface area contributed by atoms with E-state index in [-0.39, 0.29) is 17.9 Å². The summed E-state index contributed by atoms with van der Waals surface area (Å²) in [6.07, 6.45) is 3.09. The minimum absolute atomic E-state index is 0.246. The van der Waals surface area contributed by atoms with Crippen LogP contribution in [0.5, 0.6) is 0 Å². The van der Waals surface area contributed by atoms with Gasteiger partial charge in [-0.1, -0.05) is 29.1 Å². The van der Waals surface area contributed by atoms with Crippen LogP contribution in [0.15, 0.2) is 34.9 Å². The van der Waals surface area contributed by atoms with E-state index in [0.29, 0.717) is 30.7 Å². The highest BCUT2D eigenvalue weighted by Crippen LogP contribution is 2.35. The average molecular weight is 431 g/mol. The number of benzene rings is 2. The molecule has 0 aliphatic carbocycles. The van der Waals surface area contributed by atoms with Gasteiger partial charge in [0.05, 0.1) is 17.4 Å². The van der Waals surface area contributed by atoms with Gasteiger partial charge in [-0.15, -0.1) is 0 Å². The molecule has 1 atom stereocenters.